The molecule has 0 spiro atoms. The van der Waals surface area contributed by atoms with Gasteiger partial charge in [-0.25, -0.2) is 0 Å². The van der Waals surface area contributed by atoms with Gasteiger partial charge in [0.25, 0.3) is 0 Å². The zero-order valence-corrected chi connectivity index (χ0v) is 15.7. The third-order valence-electron chi connectivity index (χ3n) is 5.63. The van der Waals surface area contributed by atoms with E-state index in [1.807, 2.05) is 11.8 Å². The van der Waals surface area contributed by atoms with Gasteiger partial charge >= 0.3 is 0 Å². The number of carbonyl (C=O) groups is 1. The molecule has 138 valence electrons. The third kappa shape index (κ3) is 4.97. The lowest BCUT2D eigenvalue weighted by atomic mass is 9.93. The monoisotopic (exact) mass is 344 g/mol. The minimum atomic E-state index is 0.280. The molecule has 2 fully saturated rings. The SMILES string of the molecule is CCC(=O)N1CC[C@@H](NCc2cccc(OC3CCCC3)c2)[C@H](C)C1. The molecule has 4 nitrogen and oxygen atoms in total. The minimum Gasteiger partial charge on any atom is -0.490 e. The van der Waals surface area contributed by atoms with Crippen LogP contribution in [-0.4, -0.2) is 36.0 Å². The summed E-state index contributed by atoms with van der Waals surface area (Å²) < 4.78 is 6.11. The fraction of sp³-hybridized carbons (Fsp3) is 0.667. The van der Waals surface area contributed by atoms with Crippen LogP contribution in [0.5, 0.6) is 5.75 Å². The highest BCUT2D eigenvalue weighted by Gasteiger charge is 2.27. The quantitative estimate of drug-likeness (QED) is 0.855. The van der Waals surface area contributed by atoms with Crippen LogP contribution in [0.3, 0.4) is 0 Å². The number of nitrogens with zero attached hydrogens (tertiary/aromatic N) is 1. The van der Waals surface area contributed by atoms with Crippen molar-refractivity contribution in [3.63, 3.8) is 0 Å². The van der Waals surface area contributed by atoms with Crippen molar-refractivity contribution in [1.82, 2.24) is 10.2 Å². The number of benzene rings is 1. The lowest BCUT2D eigenvalue weighted by Crippen LogP contribution is -2.49. The molecule has 1 aromatic carbocycles. The van der Waals surface area contributed by atoms with Crippen LogP contribution in [0.15, 0.2) is 24.3 Å². The summed E-state index contributed by atoms with van der Waals surface area (Å²) in [5.41, 5.74) is 1.27. The van der Waals surface area contributed by atoms with Gasteiger partial charge in [0.2, 0.25) is 5.91 Å². The Morgan fingerprint density at radius 3 is 2.80 bits per heavy atom. The Bertz CT molecular complexity index is 569. The number of nitrogens with one attached hydrogen (secondary N) is 1. The van der Waals surface area contributed by atoms with Gasteiger partial charge in [-0.2, -0.15) is 0 Å². The van der Waals surface area contributed by atoms with Crippen molar-refractivity contribution in [2.75, 3.05) is 13.1 Å². The molecule has 0 unspecified atom stereocenters. The van der Waals surface area contributed by atoms with Crippen LogP contribution in [0.4, 0.5) is 0 Å². The second kappa shape index (κ2) is 8.70. The largest absolute Gasteiger partial charge is 0.490 e. The van der Waals surface area contributed by atoms with E-state index < -0.39 is 0 Å². The van der Waals surface area contributed by atoms with Gasteiger partial charge in [0, 0.05) is 32.1 Å². The first-order valence-corrected chi connectivity index (χ1v) is 9.92. The molecule has 2 aliphatic rings. The van der Waals surface area contributed by atoms with Crippen LogP contribution in [0, 0.1) is 5.92 Å². The number of piperidine rings is 1. The van der Waals surface area contributed by atoms with E-state index in [2.05, 4.69) is 36.5 Å². The molecular formula is C21H32N2O2. The smallest absolute Gasteiger partial charge is 0.222 e. The first kappa shape index (κ1) is 18.2. The van der Waals surface area contributed by atoms with Gasteiger partial charge in [0.15, 0.2) is 0 Å². The number of hydrogen-bond acceptors (Lipinski definition) is 3. The van der Waals surface area contributed by atoms with Crippen LogP contribution in [-0.2, 0) is 11.3 Å². The van der Waals surface area contributed by atoms with Crippen molar-refractivity contribution < 1.29 is 9.53 Å². The maximum absolute atomic E-state index is 11.9. The number of carbonyl (C=O) groups excluding carboxylic acids is 1. The summed E-state index contributed by atoms with van der Waals surface area (Å²) in [7, 11) is 0. The van der Waals surface area contributed by atoms with Gasteiger partial charge in [0.05, 0.1) is 6.10 Å². The molecule has 1 saturated carbocycles. The maximum atomic E-state index is 11.9. The normalized spacial score (nSPS) is 24.5. The summed E-state index contributed by atoms with van der Waals surface area (Å²) in [5.74, 6) is 1.77. The van der Waals surface area contributed by atoms with Crippen molar-refractivity contribution in [3.8, 4) is 5.75 Å². The summed E-state index contributed by atoms with van der Waals surface area (Å²) in [6, 6.07) is 8.97. The Labute approximate surface area is 151 Å². The van der Waals surface area contributed by atoms with E-state index in [1.165, 1.54) is 31.2 Å². The molecule has 2 atom stereocenters. The average Bonchev–Trinajstić information content (AvgIpc) is 3.13. The van der Waals surface area contributed by atoms with E-state index >= 15 is 0 Å². The highest BCUT2D eigenvalue weighted by molar-refractivity contribution is 5.75. The van der Waals surface area contributed by atoms with Crippen LogP contribution in [0.1, 0.15) is 57.9 Å². The van der Waals surface area contributed by atoms with E-state index in [0.29, 0.717) is 24.5 Å². The van der Waals surface area contributed by atoms with E-state index in [4.69, 9.17) is 4.74 Å². The Hall–Kier alpha value is -1.55. The molecule has 4 heteroatoms. The van der Waals surface area contributed by atoms with Gasteiger partial charge in [-0.3, -0.25) is 4.79 Å². The Morgan fingerprint density at radius 1 is 1.28 bits per heavy atom. The zero-order valence-electron chi connectivity index (χ0n) is 15.7. The van der Waals surface area contributed by atoms with E-state index in [0.717, 1.165) is 31.8 Å². The van der Waals surface area contributed by atoms with Gasteiger partial charge in [-0.1, -0.05) is 26.0 Å². The molecule has 0 aromatic heterocycles. The first-order valence-electron chi connectivity index (χ1n) is 9.92. The molecule has 1 heterocycles. The molecule has 3 rings (SSSR count). The van der Waals surface area contributed by atoms with Crippen molar-refractivity contribution in [3.05, 3.63) is 29.8 Å². The summed E-state index contributed by atoms with van der Waals surface area (Å²) in [6.07, 6.45) is 7.02. The molecular weight excluding hydrogens is 312 g/mol. The molecule has 1 aliphatic heterocycles. The predicted molar refractivity (Wildman–Crippen MR) is 101 cm³/mol. The molecule has 1 aromatic rings. The Balaban J connectivity index is 1.49. The van der Waals surface area contributed by atoms with Crippen LogP contribution in [0.2, 0.25) is 0 Å². The molecule has 1 saturated heterocycles. The lowest BCUT2D eigenvalue weighted by Gasteiger charge is -2.37. The van der Waals surface area contributed by atoms with E-state index in [9.17, 15) is 4.79 Å². The first-order chi connectivity index (χ1) is 12.2. The molecule has 0 radical (unpaired) electrons. The highest BCUT2D eigenvalue weighted by atomic mass is 16.5. The van der Waals surface area contributed by atoms with E-state index in [-0.39, 0.29) is 5.91 Å². The van der Waals surface area contributed by atoms with Crippen molar-refractivity contribution >= 4 is 5.91 Å². The summed E-state index contributed by atoms with van der Waals surface area (Å²) in [6.45, 7) is 6.79. The average molecular weight is 344 g/mol. The Morgan fingerprint density at radius 2 is 2.08 bits per heavy atom. The van der Waals surface area contributed by atoms with Gasteiger partial charge < -0.3 is 15.0 Å². The van der Waals surface area contributed by atoms with Crippen LogP contribution in [0.25, 0.3) is 0 Å². The molecule has 1 amide bonds. The van der Waals surface area contributed by atoms with Crippen LogP contribution < -0.4 is 10.1 Å². The van der Waals surface area contributed by atoms with E-state index in [1.54, 1.807) is 0 Å². The number of hydrogen-bond donors (Lipinski definition) is 1. The van der Waals surface area contributed by atoms with Gasteiger partial charge in [-0.15, -0.1) is 0 Å². The summed E-state index contributed by atoms with van der Waals surface area (Å²) in [4.78, 5) is 13.9. The predicted octanol–water partition coefficient (Wildman–Crippen LogP) is 3.74. The second-order valence-electron chi connectivity index (χ2n) is 7.62. The zero-order chi connectivity index (χ0) is 17.6. The second-order valence-corrected chi connectivity index (χ2v) is 7.62. The number of rotatable bonds is 6. The van der Waals surface area contributed by atoms with Crippen molar-refractivity contribution in [1.29, 1.82) is 0 Å². The third-order valence-corrected chi connectivity index (χ3v) is 5.63. The van der Waals surface area contributed by atoms with Gasteiger partial charge in [-0.05, 0) is 55.7 Å². The number of amides is 1. The number of likely N-dealkylation sites (tertiary alicyclic amines) is 1. The summed E-state index contributed by atoms with van der Waals surface area (Å²) in [5, 5.41) is 3.69. The molecule has 0 bridgehead atoms. The molecule has 25 heavy (non-hydrogen) atoms. The fourth-order valence-electron chi connectivity index (χ4n) is 4.08. The van der Waals surface area contributed by atoms with Gasteiger partial charge in [0.1, 0.15) is 5.75 Å². The highest BCUT2D eigenvalue weighted by Crippen LogP contribution is 2.25. The Kier molecular flexibility index (Phi) is 6.35. The maximum Gasteiger partial charge on any atom is 0.222 e. The fourth-order valence-corrected chi connectivity index (χ4v) is 4.08. The van der Waals surface area contributed by atoms with Crippen molar-refractivity contribution in [2.24, 2.45) is 5.92 Å². The lowest BCUT2D eigenvalue weighted by molar-refractivity contribution is -0.132. The standard InChI is InChI=1S/C21H32N2O2/c1-3-21(24)23-12-11-20(16(2)15-23)22-14-17-7-6-10-19(13-17)25-18-8-4-5-9-18/h6-7,10,13,16,18,20,22H,3-5,8-9,11-12,14-15H2,1-2H3/t16-,20-/m1/s1. The van der Waals surface area contributed by atoms with Crippen molar-refractivity contribution in [2.45, 2.75) is 71.1 Å². The van der Waals surface area contributed by atoms with Crippen LogP contribution >= 0.6 is 0 Å². The summed E-state index contributed by atoms with van der Waals surface area (Å²) >= 11 is 0. The molecule has 1 aliphatic carbocycles. The molecule has 1 N–H and O–H groups in total. The minimum absolute atomic E-state index is 0.280. The number of ether oxygens (including phenoxy) is 1. The topological polar surface area (TPSA) is 41.6 Å².